The summed E-state index contributed by atoms with van der Waals surface area (Å²) in [4.78, 5) is 28.6. The van der Waals surface area contributed by atoms with Gasteiger partial charge in [-0.25, -0.2) is 9.78 Å². The van der Waals surface area contributed by atoms with E-state index < -0.39 is 11.9 Å². The van der Waals surface area contributed by atoms with Gasteiger partial charge < -0.3 is 14.8 Å². The zero-order chi connectivity index (χ0) is 21.0. The standard InChI is InChI=1S/C20H22N4O4S/c1-12-19(13(2)24(4)23-12)22-18(25)10-28-20(26)15-5-7-17(8-6-15)27-9-16-11-29-14(3)21-16/h5-8,11H,9-10H2,1-4H3,(H,22,25). The molecule has 0 aliphatic carbocycles. The Bertz CT molecular complexity index is 1020. The molecular weight excluding hydrogens is 392 g/mol. The number of esters is 1. The van der Waals surface area contributed by atoms with Crippen molar-refractivity contribution in [1.29, 1.82) is 0 Å². The summed E-state index contributed by atoms with van der Waals surface area (Å²) in [7, 11) is 1.79. The molecule has 0 bridgehead atoms. The number of rotatable bonds is 7. The van der Waals surface area contributed by atoms with Crippen molar-refractivity contribution in [3.63, 3.8) is 0 Å². The Morgan fingerprint density at radius 1 is 1.17 bits per heavy atom. The largest absolute Gasteiger partial charge is 0.487 e. The van der Waals surface area contributed by atoms with Crippen LogP contribution in [0.1, 0.15) is 32.4 Å². The lowest BCUT2D eigenvalue weighted by atomic mass is 10.2. The van der Waals surface area contributed by atoms with E-state index in [2.05, 4.69) is 15.4 Å². The van der Waals surface area contributed by atoms with Crippen molar-refractivity contribution < 1.29 is 19.1 Å². The van der Waals surface area contributed by atoms with Crippen LogP contribution in [0.3, 0.4) is 0 Å². The Morgan fingerprint density at radius 2 is 1.90 bits per heavy atom. The molecule has 0 unspecified atom stereocenters. The van der Waals surface area contributed by atoms with E-state index in [1.54, 1.807) is 54.3 Å². The lowest BCUT2D eigenvalue weighted by molar-refractivity contribution is -0.119. The maximum Gasteiger partial charge on any atom is 0.338 e. The number of carbonyl (C=O) groups excluding carboxylic acids is 2. The summed E-state index contributed by atoms with van der Waals surface area (Å²) in [6.07, 6.45) is 0. The summed E-state index contributed by atoms with van der Waals surface area (Å²) in [5.74, 6) is -0.384. The van der Waals surface area contributed by atoms with Crippen LogP contribution in [-0.4, -0.2) is 33.2 Å². The van der Waals surface area contributed by atoms with Gasteiger partial charge in [0.05, 0.1) is 33.3 Å². The molecule has 0 spiro atoms. The Balaban J connectivity index is 1.49. The van der Waals surface area contributed by atoms with Crippen LogP contribution in [0.4, 0.5) is 5.69 Å². The monoisotopic (exact) mass is 414 g/mol. The molecule has 3 aromatic rings. The van der Waals surface area contributed by atoms with Gasteiger partial charge in [-0.1, -0.05) is 0 Å². The van der Waals surface area contributed by atoms with Gasteiger partial charge in [0.2, 0.25) is 0 Å². The zero-order valence-corrected chi connectivity index (χ0v) is 17.5. The van der Waals surface area contributed by atoms with E-state index in [0.29, 0.717) is 29.3 Å². The second kappa shape index (κ2) is 8.87. The van der Waals surface area contributed by atoms with Gasteiger partial charge in [0.25, 0.3) is 5.91 Å². The normalized spacial score (nSPS) is 10.6. The topological polar surface area (TPSA) is 95.3 Å². The number of anilines is 1. The Hall–Kier alpha value is -3.20. The van der Waals surface area contributed by atoms with Crippen LogP contribution in [-0.2, 0) is 23.2 Å². The molecule has 3 rings (SSSR count). The van der Waals surface area contributed by atoms with Crippen LogP contribution in [0.5, 0.6) is 5.75 Å². The molecule has 0 saturated heterocycles. The third-order valence-electron chi connectivity index (χ3n) is 4.25. The minimum absolute atomic E-state index is 0.336. The Labute approximate surface area is 172 Å². The third kappa shape index (κ3) is 5.20. The van der Waals surface area contributed by atoms with Crippen LogP contribution in [0.2, 0.25) is 0 Å². The maximum absolute atomic E-state index is 12.2. The first-order valence-electron chi connectivity index (χ1n) is 8.94. The van der Waals surface area contributed by atoms with E-state index in [0.717, 1.165) is 16.4 Å². The second-order valence-electron chi connectivity index (χ2n) is 6.46. The minimum atomic E-state index is -0.582. The highest BCUT2D eigenvalue weighted by molar-refractivity contribution is 7.09. The molecule has 1 aromatic carbocycles. The van der Waals surface area contributed by atoms with Crippen molar-refractivity contribution in [2.75, 3.05) is 11.9 Å². The first-order chi connectivity index (χ1) is 13.8. The fraction of sp³-hybridized carbons (Fsp3) is 0.300. The van der Waals surface area contributed by atoms with Gasteiger partial charge in [0.1, 0.15) is 12.4 Å². The molecule has 0 atom stereocenters. The zero-order valence-electron chi connectivity index (χ0n) is 16.7. The fourth-order valence-electron chi connectivity index (χ4n) is 2.66. The van der Waals surface area contributed by atoms with Crippen molar-refractivity contribution >= 4 is 28.9 Å². The van der Waals surface area contributed by atoms with Gasteiger partial charge in [-0.15, -0.1) is 11.3 Å². The number of nitrogens with one attached hydrogen (secondary N) is 1. The van der Waals surface area contributed by atoms with Gasteiger partial charge in [-0.2, -0.15) is 5.10 Å². The summed E-state index contributed by atoms with van der Waals surface area (Å²) in [5, 5.41) is 9.88. The smallest absolute Gasteiger partial charge is 0.338 e. The summed E-state index contributed by atoms with van der Waals surface area (Å²) in [5.41, 5.74) is 3.36. The molecule has 9 heteroatoms. The number of thiazole rings is 1. The second-order valence-corrected chi connectivity index (χ2v) is 7.53. The summed E-state index contributed by atoms with van der Waals surface area (Å²) >= 11 is 1.57. The number of aromatic nitrogens is 3. The van der Waals surface area contributed by atoms with E-state index in [9.17, 15) is 9.59 Å². The van der Waals surface area contributed by atoms with E-state index >= 15 is 0 Å². The van der Waals surface area contributed by atoms with E-state index in [1.807, 2.05) is 19.2 Å². The summed E-state index contributed by atoms with van der Waals surface area (Å²) in [6.45, 7) is 5.57. The lowest BCUT2D eigenvalue weighted by Crippen LogP contribution is -2.21. The molecule has 29 heavy (non-hydrogen) atoms. The van der Waals surface area contributed by atoms with E-state index in [4.69, 9.17) is 9.47 Å². The third-order valence-corrected chi connectivity index (χ3v) is 5.07. The van der Waals surface area contributed by atoms with Gasteiger partial charge in [-0.05, 0) is 45.0 Å². The number of carbonyl (C=O) groups is 2. The van der Waals surface area contributed by atoms with Crippen LogP contribution in [0.25, 0.3) is 0 Å². The molecule has 2 aromatic heterocycles. The number of nitrogens with zero attached hydrogens (tertiary/aromatic N) is 3. The molecule has 0 aliphatic heterocycles. The molecular formula is C20H22N4O4S. The van der Waals surface area contributed by atoms with Crippen molar-refractivity contribution in [3.8, 4) is 5.75 Å². The van der Waals surface area contributed by atoms with Gasteiger partial charge >= 0.3 is 5.97 Å². The minimum Gasteiger partial charge on any atom is -0.487 e. The summed E-state index contributed by atoms with van der Waals surface area (Å²) in [6, 6.07) is 6.55. The Kier molecular flexibility index (Phi) is 6.28. The number of hydrogen-bond acceptors (Lipinski definition) is 7. The maximum atomic E-state index is 12.2. The number of aryl methyl sites for hydroxylation is 3. The number of hydrogen-bond donors (Lipinski definition) is 1. The molecule has 2 heterocycles. The van der Waals surface area contributed by atoms with Crippen LogP contribution in [0.15, 0.2) is 29.6 Å². The van der Waals surface area contributed by atoms with Crippen molar-refractivity contribution in [1.82, 2.24) is 14.8 Å². The summed E-state index contributed by atoms with van der Waals surface area (Å²) < 4.78 is 12.4. The lowest BCUT2D eigenvalue weighted by Gasteiger charge is -2.08. The predicted molar refractivity (Wildman–Crippen MR) is 109 cm³/mol. The molecule has 1 N–H and O–H groups in total. The molecule has 1 amide bonds. The van der Waals surface area contributed by atoms with Gasteiger partial charge in [0, 0.05) is 12.4 Å². The average molecular weight is 414 g/mol. The highest BCUT2D eigenvalue weighted by Crippen LogP contribution is 2.18. The van der Waals surface area contributed by atoms with Crippen molar-refractivity contribution in [2.45, 2.75) is 27.4 Å². The number of ether oxygens (including phenoxy) is 2. The average Bonchev–Trinajstić information content (AvgIpc) is 3.22. The van der Waals surface area contributed by atoms with Crippen molar-refractivity contribution in [3.05, 3.63) is 57.3 Å². The van der Waals surface area contributed by atoms with Gasteiger partial charge in [0.15, 0.2) is 6.61 Å². The van der Waals surface area contributed by atoms with E-state index in [-0.39, 0.29) is 6.61 Å². The molecule has 0 aliphatic rings. The highest BCUT2D eigenvalue weighted by Gasteiger charge is 2.15. The number of benzene rings is 1. The molecule has 152 valence electrons. The SMILES string of the molecule is Cc1nc(COc2ccc(C(=O)OCC(=O)Nc3c(C)nn(C)c3C)cc2)cs1. The van der Waals surface area contributed by atoms with Crippen LogP contribution in [0, 0.1) is 20.8 Å². The molecule has 8 nitrogen and oxygen atoms in total. The number of amides is 1. The first kappa shape index (κ1) is 20.5. The molecule has 0 fully saturated rings. The first-order valence-corrected chi connectivity index (χ1v) is 9.82. The van der Waals surface area contributed by atoms with E-state index in [1.165, 1.54) is 0 Å². The Morgan fingerprint density at radius 3 is 2.48 bits per heavy atom. The predicted octanol–water partition coefficient (Wildman–Crippen LogP) is 3.18. The van der Waals surface area contributed by atoms with Crippen LogP contribution < -0.4 is 10.1 Å². The van der Waals surface area contributed by atoms with Crippen LogP contribution >= 0.6 is 11.3 Å². The van der Waals surface area contributed by atoms with Crippen molar-refractivity contribution in [2.24, 2.45) is 7.05 Å². The highest BCUT2D eigenvalue weighted by atomic mass is 32.1. The molecule has 0 radical (unpaired) electrons. The quantitative estimate of drug-likeness (QED) is 0.597. The fourth-order valence-corrected chi connectivity index (χ4v) is 3.26. The van der Waals surface area contributed by atoms with Gasteiger partial charge in [-0.3, -0.25) is 9.48 Å². The molecule has 0 saturated carbocycles.